The van der Waals surface area contributed by atoms with Crippen LogP contribution >= 0.6 is 0 Å². The van der Waals surface area contributed by atoms with Gasteiger partial charge in [0.25, 0.3) is 0 Å². The highest BCUT2D eigenvalue weighted by Crippen LogP contribution is 2.47. The van der Waals surface area contributed by atoms with E-state index in [1.807, 2.05) is 11.8 Å². The number of benzene rings is 2. The van der Waals surface area contributed by atoms with Gasteiger partial charge in [-0.05, 0) is 105 Å². The fourth-order valence-electron chi connectivity index (χ4n) is 7.69. The third kappa shape index (κ3) is 7.08. The molecule has 2 N–H and O–H groups in total. The number of β-amino-alcohol motifs (C(OH)–C–C–N with tert-alkyl or cyclic N) is 1. The van der Waals surface area contributed by atoms with Gasteiger partial charge in [-0.15, -0.1) is 0 Å². The van der Waals surface area contributed by atoms with Gasteiger partial charge in [-0.1, -0.05) is 13.0 Å². The van der Waals surface area contributed by atoms with E-state index in [9.17, 15) is 10.2 Å². The Hall–Kier alpha value is -3.71. The first-order valence-electron chi connectivity index (χ1n) is 17.8. The average Bonchev–Trinajstić information content (AvgIpc) is 3.88. The van der Waals surface area contributed by atoms with Crippen LogP contribution in [0, 0.1) is 23.0 Å². The highest BCUT2D eigenvalue weighted by molar-refractivity contribution is 6.01. The van der Waals surface area contributed by atoms with Crippen molar-refractivity contribution in [3.05, 3.63) is 47.7 Å². The number of aromatic nitrogens is 3. The van der Waals surface area contributed by atoms with Gasteiger partial charge in [0.2, 0.25) is 0 Å². The van der Waals surface area contributed by atoms with Crippen molar-refractivity contribution in [3.8, 4) is 23.0 Å². The van der Waals surface area contributed by atoms with E-state index in [0.29, 0.717) is 77.3 Å². The molecule has 4 aromatic rings. The van der Waals surface area contributed by atoms with Gasteiger partial charge in [-0.2, -0.15) is 9.97 Å². The van der Waals surface area contributed by atoms with Crippen molar-refractivity contribution in [1.82, 2.24) is 19.9 Å². The van der Waals surface area contributed by atoms with Gasteiger partial charge in [0.1, 0.15) is 28.6 Å². The lowest BCUT2D eigenvalue weighted by atomic mass is 9.94. The van der Waals surface area contributed by atoms with Gasteiger partial charge in [0, 0.05) is 50.5 Å². The molecule has 1 atom stereocenters. The van der Waals surface area contributed by atoms with E-state index in [2.05, 4.69) is 14.9 Å². The van der Waals surface area contributed by atoms with E-state index < -0.39 is 11.4 Å². The summed E-state index contributed by atoms with van der Waals surface area (Å²) in [4.78, 5) is 18.5. The van der Waals surface area contributed by atoms with Crippen LogP contribution in [0.15, 0.2) is 30.5 Å². The molecule has 0 bridgehead atoms. The van der Waals surface area contributed by atoms with Crippen LogP contribution in [-0.4, -0.2) is 95.5 Å². The second-order valence-corrected chi connectivity index (χ2v) is 14.7. The number of aliphatic hydroxyl groups excluding tert-OH is 1. The molecule has 3 aliphatic rings. The molecule has 0 unspecified atom stereocenters. The van der Waals surface area contributed by atoms with Gasteiger partial charge in [0.15, 0.2) is 12.6 Å². The molecule has 2 aliphatic heterocycles. The van der Waals surface area contributed by atoms with Crippen molar-refractivity contribution in [1.29, 1.82) is 0 Å². The Bertz CT molecular complexity index is 1860. The van der Waals surface area contributed by atoms with Gasteiger partial charge < -0.3 is 34.2 Å². The third-order valence-corrected chi connectivity index (χ3v) is 10.7. The highest BCUT2D eigenvalue weighted by Gasteiger charge is 2.45. The van der Waals surface area contributed by atoms with Crippen LogP contribution in [0.3, 0.4) is 0 Å². The first-order valence-corrected chi connectivity index (χ1v) is 17.8. The smallest absolute Gasteiger partial charge is 0.319 e. The number of rotatable bonds is 12. The predicted molar refractivity (Wildman–Crippen MR) is 188 cm³/mol. The van der Waals surface area contributed by atoms with Crippen molar-refractivity contribution in [3.63, 3.8) is 0 Å². The number of anilines is 1. The molecule has 0 radical (unpaired) electrons. The van der Waals surface area contributed by atoms with Gasteiger partial charge >= 0.3 is 6.01 Å². The summed E-state index contributed by atoms with van der Waals surface area (Å²) in [7, 11) is 1.52. The molecule has 2 aromatic heterocycles. The molecular formula is C38H47F2N5O5. The number of likely N-dealkylation sites (tertiary alicyclic amines) is 1. The average molecular weight is 692 g/mol. The molecule has 50 heavy (non-hydrogen) atoms. The van der Waals surface area contributed by atoms with Crippen molar-refractivity contribution in [2.24, 2.45) is 11.3 Å². The Balaban J connectivity index is 1.29. The molecule has 7 rings (SSSR count). The van der Waals surface area contributed by atoms with Gasteiger partial charge in [-0.25, -0.2) is 8.78 Å². The number of pyridine rings is 1. The minimum Gasteiger partial charge on any atom is -0.468 e. The van der Waals surface area contributed by atoms with Crippen molar-refractivity contribution < 1.29 is 33.2 Å². The SMILES string of the molecule is CCc1c(F)ccc2cc(OCOC)cc(-c3ncc4c(N5CCC[C@@](C)(O)C5)nc(OCC5(CN6CCC(CO)CC6)CC5)nc4c3F)c12. The fourth-order valence-corrected chi connectivity index (χ4v) is 7.69. The van der Waals surface area contributed by atoms with Crippen molar-refractivity contribution in [2.45, 2.75) is 64.4 Å². The van der Waals surface area contributed by atoms with Crippen molar-refractivity contribution >= 4 is 27.5 Å². The summed E-state index contributed by atoms with van der Waals surface area (Å²) < 4.78 is 49.5. The summed E-state index contributed by atoms with van der Waals surface area (Å²) in [6.45, 7) is 8.03. The first-order chi connectivity index (χ1) is 24.1. The second kappa shape index (κ2) is 14.1. The van der Waals surface area contributed by atoms with Crippen LogP contribution in [0.5, 0.6) is 11.8 Å². The summed E-state index contributed by atoms with van der Waals surface area (Å²) in [6.07, 6.45) is 7.37. The number of halogens is 2. The van der Waals surface area contributed by atoms with Crippen LogP contribution in [0.4, 0.5) is 14.6 Å². The lowest BCUT2D eigenvalue weighted by Crippen LogP contribution is -2.46. The number of hydrogen-bond donors (Lipinski definition) is 2. The number of piperidine rings is 2. The molecule has 0 spiro atoms. The molecule has 268 valence electrons. The summed E-state index contributed by atoms with van der Waals surface area (Å²) in [6, 6.07) is 6.59. The zero-order chi connectivity index (χ0) is 35.0. The standard InChI is InChI=1S/C38H47F2N5O5/c1-4-27-30(39)7-6-25-16-26(50-23-48-3)17-28(31(25)27)33-32(40)34-29(18-41-33)35(45-13-5-10-37(2,47)20-45)43-36(42-34)49-22-38(11-12-38)21-44-14-8-24(19-46)9-15-44/h6-7,16-18,24,46-47H,4-5,8-15,19-23H2,1-3H3/t37-/m1/s1. The zero-order valence-electron chi connectivity index (χ0n) is 29.2. The predicted octanol–water partition coefficient (Wildman–Crippen LogP) is 5.88. The van der Waals surface area contributed by atoms with E-state index in [-0.39, 0.29) is 41.9 Å². The minimum atomic E-state index is -0.938. The van der Waals surface area contributed by atoms with Crippen molar-refractivity contribution in [2.75, 3.05) is 64.7 Å². The molecule has 4 heterocycles. The van der Waals surface area contributed by atoms with Crippen LogP contribution < -0.4 is 14.4 Å². The first kappa shape index (κ1) is 34.7. The highest BCUT2D eigenvalue weighted by atomic mass is 19.1. The zero-order valence-corrected chi connectivity index (χ0v) is 29.2. The van der Waals surface area contributed by atoms with Crippen LogP contribution in [-0.2, 0) is 11.2 Å². The maximum absolute atomic E-state index is 17.1. The number of hydrogen-bond acceptors (Lipinski definition) is 10. The second-order valence-electron chi connectivity index (χ2n) is 14.7. The number of aliphatic hydroxyl groups is 2. The lowest BCUT2D eigenvalue weighted by Gasteiger charge is -2.38. The van der Waals surface area contributed by atoms with Crippen LogP contribution in [0.25, 0.3) is 32.9 Å². The Morgan fingerprint density at radius 1 is 1.04 bits per heavy atom. The maximum atomic E-state index is 17.1. The van der Waals surface area contributed by atoms with E-state index in [0.717, 1.165) is 51.7 Å². The third-order valence-electron chi connectivity index (χ3n) is 10.7. The molecule has 1 saturated carbocycles. The van der Waals surface area contributed by atoms with Crippen LogP contribution in [0.1, 0.15) is 57.9 Å². The molecule has 2 saturated heterocycles. The number of nitrogens with zero attached hydrogens (tertiary/aromatic N) is 5. The quantitative estimate of drug-likeness (QED) is 0.175. The number of aryl methyl sites for hydroxylation is 1. The monoisotopic (exact) mass is 691 g/mol. The summed E-state index contributed by atoms with van der Waals surface area (Å²) in [5.74, 6) is 0.211. The lowest BCUT2D eigenvalue weighted by molar-refractivity contribution is 0.0447. The van der Waals surface area contributed by atoms with Crippen LogP contribution in [0.2, 0.25) is 0 Å². The molecule has 3 fully saturated rings. The molecule has 2 aromatic carbocycles. The summed E-state index contributed by atoms with van der Waals surface area (Å²) >= 11 is 0. The normalized spacial score (nSPS) is 21.2. The maximum Gasteiger partial charge on any atom is 0.319 e. The Kier molecular flexibility index (Phi) is 9.81. The van der Waals surface area contributed by atoms with Gasteiger partial charge in [-0.3, -0.25) is 4.98 Å². The topological polar surface area (TPSA) is 113 Å². The summed E-state index contributed by atoms with van der Waals surface area (Å²) in [5, 5.41) is 22.2. The minimum absolute atomic E-state index is 0.0110. The molecule has 10 nitrogen and oxygen atoms in total. The van der Waals surface area contributed by atoms with E-state index >= 15 is 8.78 Å². The Morgan fingerprint density at radius 3 is 2.54 bits per heavy atom. The molecule has 1 aliphatic carbocycles. The molecular weight excluding hydrogens is 644 g/mol. The summed E-state index contributed by atoms with van der Waals surface area (Å²) in [5.41, 5.74) is -0.0701. The van der Waals surface area contributed by atoms with E-state index in [1.54, 1.807) is 31.3 Å². The Labute approximate surface area is 291 Å². The van der Waals surface area contributed by atoms with E-state index in [4.69, 9.17) is 19.2 Å². The number of fused-ring (bicyclic) bond motifs is 2. The molecule has 0 amide bonds. The number of ether oxygens (including phenoxy) is 3. The fraction of sp³-hybridized carbons (Fsp3) is 0.553. The Morgan fingerprint density at radius 2 is 1.84 bits per heavy atom. The molecule has 12 heteroatoms. The van der Waals surface area contributed by atoms with Gasteiger partial charge in [0.05, 0.1) is 17.6 Å². The van der Waals surface area contributed by atoms with E-state index in [1.165, 1.54) is 13.2 Å². The number of methoxy groups -OCH3 is 1. The largest absolute Gasteiger partial charge is 0.468 e.